The summed E-state index contributed by atoms with van der Waals surface area (Å²) in [5.41, 5.74) is 2.63. The van der Waals surface area contributed by atoms with Gasteiger partial charge >= 0.3 is 11.8 Å². The maximum absolute atomic E-state index is 13.9. The second kappa shape index (κ2) is 11.2. The molecule has 0 unspecified atom stereocenters. The van der Waals surface area contributed by atoms with Crippen LogP contribution in [0, 0.1) is 0 Å². The first-order valence-corrected chi connectivity index (χ1v) is 15.1. The number of benzene rings is 4. The first kappa shape index (κ1) is 27.9. The number of likely N-dealkylation sites (tertiary alicyclic amines) is 1. The summed E-state index contributed by atoms with van der Waals surface area (Å²) in [6, 6.07) is 36.3. The van der Waals surface area contributed by atoms with Crippen LogP contribution in [0.25, 0.3) is 11.1 Å². The van der Waals surface area contributed by atoms with Crippen molar-refractivity contribution in [1.29, 1.82) is 0 Å². The lowest BCUT2D eigenvalue weighted by Crippen LogP contribution is -2.42. The van der Waals surface area contributed by atoms with Crippen LogP contribution in [0.15, 0.2) is 123 Å². The molecule has 0 spiro atoms. The maximum Gasteiger partial charge on any atom is 0.421 e. The van der Waals surface area contributed by atoms with Crippen LogP contribution in [0.3, 0.4) is 0 Å². The minimum atomic E-state index is -0.958. The molecule has 0 saturated carbocycles. The molecule has 0 aliphatic carbocycles. The number of oxazole rings is 1. The molecule has 4 aromatic carbocycles. The van der Waals surface area contributed by atoms with E-state index in [0.717, 1.165) is 28.0 Å². The van der Waals surface area contributed by atoms with Gasteiger partial charge in [-0.05, 0) is 62.1 Å². The highest BCUT2D eigenvalue weighted by Crippen LogP contribution is 2.42. The summed E-state index contributed by atoms with van der Waals surface area (Å²) in [4.78, 5) is 29.2. The summed E-state index contributed by atoms with van der Waals surface area (Å²) in [6.07, 6.45) is 0.592. The summed E-state index contributed by atoms with van der Waals surface area (Å²) >= 11 is 1.70. The van der Waals surface area contributed by atoms with Gasteiger partial charge in [0.05, 0.1) is 5.52 Å². The third kappa shape index (κ3) is 5.25. The van der Waals surface area contributed by atoms with Crippen LogP contribution in [0.5, 0.6) is 0 Å². The van der Waals surface area contributed by atoms with Gasteiger partial charge < -0.3 is 14.1 Å². The highest BCUT2D eigenvalue weighted by Gasteiger charge is 2.41. The first-order valence-electron chi connectivity index (χ1n) is 14.2. The Morgan fingerprint density at radius 3 is 1.90 bits per heavy atom. The molecule has 1 atom stereocenters. The molecule has 0 radical (unpaired) electrons. The maximum atomic E-state index is 13.9. The van der Waals surface area contributed by atoms with Crippen molar-refractivity contribution in [2.24, 2.45) is 0 Å². The van der Waals surface area contributed by atoms with E-state index in [-0.39, 0.29) is 11.3 Å². The summed E-state index contributed by atoms with van der Waals surface area (Å²) < 4.78 is 13.3. The molecule has 214 valence electrons. The Bertz CT molecular complexity index is 1640. The molecule has 6 rings (SSSR count). The first-order chi connectivity index (χ1) is 20.3. The van der Waals surface area contributed by atoms with E-state index in [1.807, 2.05) is 93.6 Å². The predicted molar refractivity (Wildman–Crippen MR) is 167 cm³/mol. The molecule has 1 aromatic heterocycles. The van der Waals surface area contributed by atoms with Crippen molar-refractivity contribution >= 4 is 29.0 Å². The zero-order valence-corrected chi connectivity index (χ0v) is 24.8. The minimum absolute atomic E-state index is 0.223. The molecule has 2 heterocycles. The molecule has 6 nitrogen and oxygen atoms in total. The average Bonchev–Trinajstić information content (AvgIpc) is 3.58. The second-order valence-electron chi connectivity index (χ2n) is 11.6. The number of amides is 1. The molecule has 1 saturated heterocycles. The van der Waals surface area contributed by atoms with Crippen LogP contribution in [0.2, 0.25) is 0 Å². The van der Waals surface area contributed by atoms with Crippen molar-refractivity contribution in [3.8, 4) is 0 Å². The molecule has 1 aliphatic heterocycles. The van der Waals surface area contributed by atoms with Gasteiger partial charge in [-0.2, -0.15) is 0 Å². The fourth-order valence-electron chi connectivity index (χ4n) is 5.82. The van der Waals surface area contributed by atoms with Gasteiger partial charge in [0.15, 0.2) is 5.58 Å². The van der Waals surface area contributed by atoms with Gasteiger partial charge in [0, 0.05) is 23.2 Å². The lowest BCUT2D eigenvalue weighted by atomic mass is 9.76. The van der Waals surface area contributed by atoms with E-state index in [4.69, 9.17) is 9.15 Å². The number of rotatable bonds is 6. The Labute approximate surface area is 249 Å². The van der Waals surface area contributed by atoms with E-state index < -0.39 is 16.9 Å². The average molecular weight is 579 g/mol. The van der Waals surface area contributed by atoms with Gasteiger partial charge in [-0.15, -0.1) is 11.8 Å². The number of ether oxygens (including phenoxy) is 1. The predicted octanol–water partition coefficient (Wildman–Crippen LogP) is 7.54. The topological polar surface area (TPSA) is 64.7 Å². The quantitative estimate of drug-likeness (QED) is 0.195. The molecular weight excluding hydrogens is 544 g/mol. The fourth-order valence-corrected chi connectivity index (χ4v) is 7.01. The van der Waals surface area contributed by atoms with E-state index >= 15 is 0 Å². The second-order valence-corrected chi connectivity index (χ2v) is 13.0. The van der Waals surface area contributed by atoms with Gasteiger partial charge in [0.2, 0.25) is 0 Å². The number of carbonyl (C=O) groups excluding carboxylic acids is 1. The number of hydrogen-bond donors (Lipinski definition) is 0. The van der Waals surface area contributed by atoms with Crippen LogP contribution in [-0.2, 0) is 10.3 Å². The third-order valence-corrected chi connectivity index (χ3v) is 8.81. The number of nitrogens with zero attached hydrogens (tertiary/aromatic N) is 2. The van der Waals surface area contributed by atoms with Crippen molar-refractivity contribution < 1.29 is 13.9 Å². The lowest BCUT2D eigenvalue weighted by molar-refractivity contribution is 0.0295. The van der Waals surface area contributed by atoms with E-state index in [0.29, 0.717) is 24.2 Å². The van der Waals surface area contributed by atoms with E-state index in [9.17, 15) is 9.59 Å². The van der Waals surface area contributed by atoms with Gasteiger partial charge in [0.25, 0.3) is 0 Å². The van der Waals surface area contributed by atoms with Crippen LogP contribution in [0.1, 0.15) is 43.9 Å². The molecule has 5 aromatic rings. The van der Waals surface area contributed by atoms with Gasteiger partial charge in [-0.1, -0.05) is 91.0 Å². The Hall–Kier alpha value is -4.23. The standard InChI is InChI=1S/C35H34N2O4S/c1-34(2,3)41-32(38)36-22-21-29(24-36)42-28-19-20-30-31(23-28)40-33(39)37(30)35(25-13-7-4-8-14-25,26-15-9-5-10-16-26)27-17-11-6-12-18-27/h4-20,23,29H,21-22,24H2,1-3H3/t29-/m0/s1. The van der Waals surface area contributed by atoms with Crippen molar-refractivity contribution in [3.63, 3.8) is 0 Å². The van der Waals surface area contributed by atoms with Crippen molar-refractivity contribution in [3.05, 3.63) is 136 Å². The monoisotopic (exact) mass is 578 g/mol. The zero-order valence-electron chi connectivity index (χ0n) is 24.0. The molecule has 42 heavy (non-hydrogen) atoms. The fraction of sp³-hybridized carbons (Fsp3) is 0.257. The number of aromatic nitrogens is 1. The molecule has 0 N–H and O–H groups in total. The Morgan fingerprint density at radius 1 is 0.833 bits per heavy atom. The highest BCUT2D eigenvalue weighted by atomic mass is 32.2. The van der Waals surface area contributed by atoms with Crippen molar-refractivity contribution in [2.75, 3.05) is 13.1 Å². The van der Waals surface area contributed by atoms with Crippen molar-refractivity contribution in [2.45, 2.75) is 48.5 Å². The molecule has 1 aliphatic rings. The molecule has 0 bridgehead atoms. The normalized spacial score (nSPS) is 15.7. The van der Waals surface area contributed by atoms with E-state index in [1.54, 1.807) is 21.2 Å². The Balaban J connectivity index is 1.42. The number of fused-ring (bicyclic) bond motifs is 1. The van der Waals surface area contributed by atoms with Crippen LogP contribution >= 0.6 is 11.8 Å². The third-order valence-electron chi connectivity index (χ3n) is 7.56. The Morgan fingerprint density at radius 2 is 1.38 bits per heavy atom. The van der Waals surface area contributed by atoms with Crippen LogP contribution in [-0.4, -0.2) is 39.5 Å². The molecular formula is C35H34N2O4S. The summed E-state index contributed by atoms with van der Waals surface area (Å²) in [7, 11) is 0. The highest BCUT2D eigenvalue weighted by molar-refractivity contribution is 8.00. The number of hydrogen-bond acceptors (Lipinski definition) is 5. The minimum Gasteiger partial charge on any atom is -0.444 e. The summed E-state index contributed by atoms with van der Waals surface area (Å²) in [5.74, 6) is -0.430. The van der Waals surface area contributed by atoms with Crippen LogP contribution < -0.4 is 5.76 Å². The van der Waals surface area contributed by atoms with Gasteiger partial charge in [-0.25, -0.2) is 9.59 Å². The molecule has 1 fully saturated rings. The number of carbonyl (C=O) groups is 1. The van der Waals surface area contributed by atoms with E-state index in [2.05, 4.69) is 36.4 Å². The molecule has 7 heteroatoms. The lowest BCUT2D eigenvalue weighted by Gasteiger charge is -2.36. The van der Waals surface area contributed by atoms with Gasteiger partial charge in [0.1, 0.15) is 11.1 Å². The zero-order chi connectivity index (χ0) is 29.3. The Kier molecular flexibility index (Phi) is 7.45. The van der Waals surface area contributed by atoms with E-state index in [1.165, 1.54) is 0 Å². The summed E-state index contributed by atoms with van der Waals surface area (Å²) in [6.45, 7) is 6.91. The van der Waals surface area contributed by atoms with Gasteiger partial charge in [-0.3, -0.25) is 4.57 Å². The SMILES string of the molecule is CC(C)(C)OC(=O)N1CC[C@H](Sc2ccc3c(c2)oc(=O)n3C(c2ccccc2)(c2ccccc2)c2ccccc2)C1. The van der Waals surface area contributed by atoms with Crippen molar-refractivity contribution in [1.82, 2.24) is 9.47 Å². The largest absolute Gasteiger partial charge is 0.444 e. The van der Waals surface area contributed by atoms with Crippen LogP contribution in [0.4, 0.5) is 4.79 Å². The smallest absolute Gasteiger partial charge is 0.421 e. The molecule has 1 amide bonds. The number of thioether (sulfide) groups is 1. The summed E-state index contributed by atoms with van der Waals surface area (Å²) in [5, 5.41) is 0.223.